The molecule has 1 saturated carbocycles. The summed E-state index contributed by atoms with van der Waals surface area (Å²) < 4.78 is 0. The molecule has 1 aromatic rings. The van der Waals surface area contributed by atoms with Gasteiger partial charge in [0.15, 0.2) is 5.15 Å². The second-order valence-electron chi connectivity index (χ2n) is 4.73. The number of hydrogen-bond donors (Lipinski definition) is 2. The molecule has 2 aliphatic rings. The fourth-order valence-corrected chi connectivity index (χ4v) is 2.99. The Hall–Kier alpha value is -0.580. The normalized spacial score (nSPS) is 30.8. The molecule has 2 N–H and O–H groups in total. The molecule has 0 amide bonds. The summed E-state index contributed by atoms with van der Waals surface area (Å²) in [4.78, 5) is 0. The minimum Gasteiger partial charge on any atom is -0.366 e. The third-order valence-electron chi connectivity index (χ3n) is 3.64. The summed E-state index contributed by atoms with van der Waals surface area (Å²) in [5, 5.41) is 15.2. The molecule has 2 fully saturated rings. The Bertz CT molecular complexity index is 358. The molecule has 1 aromatic heterocycles. The Balaban J connectivity index is 0.00000108. The molecular formula is C11H16Cl2N4. The Labute approximate surface area is 112 Å². The molecule has 1 aliphatic heterocycles. The first kappa shape index (κ1) is 12.9. The number of hydrogen-bond acceptors (Lipinski definition) is 4. The van der Waals surface area contributed by atoms with Gasteiger partial charge in [-0.3, -0.25) is 0 Å². The Morgan fingerprint density at radius 1 is 1.18 bits per heavy atom. The molecule has 0 aromatic carbocycles. The van der Waals surface area contributed by atoms with Crippen LogP contribution in [0.3, 0.4) is 0 Å². The topological polar surface area (TPSA) is 49.8 Å². The lowest BCUT2D eigenvalue weighted by Crippen LogP contribution is -2.21. The molecule has 3 rings (SSSR count). The van der Waals surface area contributed by atoms with Gasteiger partial charge in [-0.1, -0.05) is 11.6 Å². The van der Waals surface area contributed by atoms with Gasteiger partial charge < -0.3 is 10.6 Å². The summed E-state index contributed by atoms with van der Waals surface area (Å²) in [6.45, 7) is 2.35. The molecule has 0 bridgehead atoms. The zero-order valence-electron chi connectivity index (χ0n) is 9.40. The van der Waals surface area contributed by atoms with E-state index in [4.69, 9.17) is 11.6 Å². The quantitative estimate of drug-likeness (QED) is 0.866. The SMILES string of the molecule is Cl.Clc1ccc(NC2CC3CNCC3C2)nn1. The van der Waals surface area contributed by atoms with Crippen LogP contribution in [-0.4, -0.2) is 29.3 Å². The first-order valence-corrected chi connectivity index (χ1v) is 6.15. The number of aromatic nitrogens is 2. The number of fused-ring (bicyclic) bond motifs is 1. The molecular weight excluding hydrogens is 259 g/mol. The van der Waals surface area contributed by atoms with Crippen LogP contribution in [0, 0.1) is 11.8 Å². The fraction of sp³-hybridized carbons (Fsp3) is 0.636. The van der Waals surface area contributed by atoms with E-state index in [9.17, 15) is 0 Å². The Morgan fingerprint density at radius 2 is 1.88 bits per heavy atom. The van der Waals surface area contributed by atoms with Gasteiger partial charge in [-0.25, -0.2) is 0 Å². The molecule has 2 unspecified atom stereocenters. The lowest BCUT2D eigenvalue weighted by atomic mass is 10.0. The summed E-state index contributed by atoms with van der Waals surface area (Å²) >= 11 is 5.70. The van der Waals surface area contributed by atoms with Gasteiger partial charge in [0.2, 0.25) is 0 Å². The van der Waals surface area contributed by atoms with E-state index < -0.39 is 0 Å². The highest BCUT2D eigenvalue weighted by Gasteiger charge is 2.37. The number of rotatable bonds is 2. The van der Waals surface area contributed by atoms with Crippen LogP contribution in [0.25, 0.3) is 0 Å². The maximum atomic E-state index is 5.70. The highest BCUT2D eigenvalue weighted by Crippen LogP contribution is 2.35. The zero-order valence-corrected chi connectivity index (χ0v) is 11.0. The van der Waals surface area contributed by atoms with Crippen molar-refractivity contribution >= 4 is 29.8 Å². The van der Waals surface area contributed by atoms with Gasteiger partial charge in [0.05, 0.1) is 0 Å². The van der Waals surface area contributed by atoms with E-state index in [2.05, 4.69) is 20.8 Å². The van der Waals surface area contributed by atoms with Crippen LogP contribution in [0.15, 0.2) is 12.1 Å². The highest BCUT2D eigenvalue weighted by atomic mass is 35.5. The average Bonchev–Trinajstić information content (AvgIpc) is 2.81. The lowest BCUT2D eigenvalue weighted by Gasteiger charge is -2.13. The van der Waals surface area contributed by atoms with E-state index in [0.717, 1.165) is 17.7 Å². The van der Waals surface area contributed by atoms with Gasteiger partial charge in [0, 0.05) is 6.04 Å². The minimum absolute atomic E-state index is 0. The molecule has 0 spiro atoms. The van der Waals surface area contributed by atoms with Crippen LogP contribution in [0.4, 0.5) is 5.82 Å². The van der Waals surface area contributed by atoms with E-state index in [1.807, 2.05) is 6.07 Å². The van der Waals surface area contributed by atoms with Crippen molar-refractivity contribution in [2.75, 3.05) is 18.4 Å². The van der Waals surface area contributed by atoms with Gasteiger partial charge in [0.1, 0.15) is 5.82 Å². The third-order valence-corrected chi connectivity index (χ3v) is 3.84. The molecule has 2 heterocycles. The molecule has 1 saturated heterocycles. The standard InChI is InChI=1S/C11H15ClN4.ClH/c12-10-1-2-11(16-15-10)14-9-3-7-5-13-6-8(7)4-9;/h1-2,7-9,13H,3-6H2,(H,14,16);1H. The van der Waals surface area contributed by atoms with E-state index in [-0.39, 0.29) is 12.4 Å². The van der Waals surface area contributed by atoms with E-state index >= 15 is 0 Å². The van der Waals surface area contributed by atoms with Crippen molar-refractivity contribution in [3.8, 4) is 0 Å². The third kappa shape index (κ3) is 2.81. The summed E-state index contributed by atoms with van der Waals surface area (Å²) in [5.41, 5.74) is 0. The second-order valence-corrected chi connectivity index (χ2v) is 5.12. The van der Waals surface area contributed by atoms with Crippen LogP contribution >= 0.6 is 24.0 Å². The summed E-state index contributed by atoms with van der Waals surface area (Å²) in [6.07, 6.45) is 2.48. The molecule has 1 aliphatic carbocycles. The number of halogens is 2. The van der Waals surface area contributed by atoms with E-state index in [0.29, 0.717) is 11.2 Å². The highest BCUT2D eigenvalue weighted by molar-refractivity contribution is 6.29. The van der Waals surface area contributed by atoms with Crippen LogP contribution in [0.5, 0.6) is 0 Å². The number of nitrogens with zero attached hydrogens (tertiary/aromatic N) is 2. The molecule has 2 atom stereocenters. The van der Waals surface area contributed by atoms with Crippen LogP contribution in [0.1, 0.15) is 12.8 Å². The first-order chi connectivity index (χ1) is 7.81. The van der Waals surface area contributed by atoms with Crippen molar-refractivity contribution < 1.29 is 0 Å². The molecule has 0 radical (unpaired) electrons. The predicted octanol–water partition coefficient (Wildman–Crippen LogP) is 1.96. The van der Waals surface area contributed by atoms with Crippen molar-refractivity contribution in [1.29, 1.82) is 0 Å². The largest absolute Gasteiger partial charge is 0.366 e. The van der Waals surface area contributed by atoms with Crippen molar-refractivity contribution in [2.24, 2.45) is 11.8 Å². The molecule has 6 heteroatoms. The van der Waals surface area contributed by atoms with Crippen LogP contribution < -0.4 is 10.6 Å². The first-order valence-electron chi connectivity index (χ1n) is 5.78. The second kappa shape index (κ2) is 5.38. The Kier molecular flexibility index (Phi) is 4.07. The molecule has 94 valence electrons. The minimum atomic E-state index is 0. The Morgan fingerprint density at radius 3 is 2.47 bits per heavy atom. The van der Waals surface area contributed by atoms with Gasteiger partial charge in [0.25, 0.3) is 0 Å². The van der Waals surface area contributed by atoms with Gasteiger partial charge in [-0.2, -0.15) is 0 Å². The maximum absolute atomic E-state index is 5.70. The van der Waals surface area contributed by atoms with Crippen molar-refractivity contribution in [3.63, 3.8) is 0 Å². The van der Waals surface area contributed by atoms with Gasteiger partial charge in [-0.15, -0.1) is 22.6 Å². The predicted molar refractivity (Wildman–Crippen MR) is 70.8 cm³/mol. The van der Waals surface area contributed by atoms with Crippen molar-refractivity contribution in [2.45, 2.75) is 18.9 Å². The smallest absolute Gasteiger partial charge is 0.151 e. The summed E-state index contributed by atoms with van der Waals surface area (Å²) in [7, 11) is 0. The van der Waals surface area contributed by atoms with E-state index in [1.54, 1.807) is 6.07 Å². The molecule has 17 heavy (non-hydrogen) atoms. The zero-order chi connectivity index (χ0) is 11.0. The number of anilines is 1. The summed E-state index contributed by atoms with van der Waals surface area (Å²) in [6, 6.07) is 4.21. The van der Waals surface area contributed by atoms with Crippen molar-refractivity contribution in [1.82, 2.24) is 15.5 Å². The fourth-order valence-electron chi connectivity index (χ4n) is 2.89. The van der Waals surface area contributed by atoms with Gasteiger partial charge in [-0.05, 0) is 49.9 Å². The van der Waals surface area contributed by atoms with E-state index in [1.165, 1.54) is 25.9 Å². The maximum Gasteiger partial charge on any atom is 0.151 e. The van der Waals surface area contributed by atoms with Crippen molar-refractivity contribution in [3.05, 3.63) is 17.3 Å². The number of nitrogens with one attached hydrogen (secondary N) is 2. The molecule has 4 nitrogen and oxygen atoms in total. The van der Waals surface area contributed by atoms with Crippen LogP contribution in [0.2, 0.25) is 5.15 Å². The monoisotopic (exact) mass is 274 g/mol. The van der Waals surface area contributed by atoms with Gasteiger partial charge >= 0.3 is 0 Å². The van der Waals surface area contributed by atoms with Crippen LogP contribution in [-0.2, 0) is 0 Å². The summed E-state index contributed by atoms with van der Waals surface area (Å²) in [5.74, 6) is 2.53. The average molecular weight is 275 g/mol. The lowest BCUT2D eigenvalue weighted by molar-refractivity contribution is 0.494.